The molecule has 1 aliphatic carbocycles. The van der Waals surface area contributed by atoms with E-state index in [2.05, 4.69) is 15.9 Å². The fraction of sp³-hybridized carbons (Fsp3) is 0.231. The molecule has 0 amide bonds. The van der Waals surface area contributed by atoms with Crippen LogP contribution < -0.4 is 0 Å². The summed E-state index contributed by atoms with van der Waals surface area (Å²) in [6.07, 6.45) is 0.325. The van der Waals surface area contributed by atoms with E-state index in [4.69, 9.17) is 16.3 Å². The molecule has 3 nitrogen and oxygen atoms in total. The van der Waals surface area contributed by atoms with E-state index in [-0.39, 0.29) is 23.0 Å². The third-order valence-electron chi connectivity index (χ3n) is 2.67. The fourth-order valence-corrected chi connectivity index (χ4v) is 2.42. The molecule has 0 saturated carbocycles. The Morgan fingerprint density at radius 2 is 2.22 bits per heavy atom. The minimum Gasteiger partial charge on any atom is -0.463 e. The molecule has 0 aromatic heterocycles. The summed E-state index contributed by atoms with van der Waals surface area (Å²) in [7, 11) is 0. The molecule has 0 aliphatic heterocycles. The lowest BCUT2D eigenvalue weighted by molar-refractivity contribution is -0.138. The van der Waals surface area contributed by atoms with Crippen molar-refractivity contribution in [2.24, 2.45) is 0 Å². The van der Waals surface area contributed by atoms with E-state index in [1.807, 2.05) is 6.07 Å². The quantitative estimate of drug-likeness (QED) is 0.782. The van der Waals surface area contributed by atoms with Gasteiger partial charge in [-0.1, -0.05) is 33.6 Å². The van der Waals surface area contributed by atoms with E-state index >= 15 is 0 Å². The fourth-order valence-electron chi connectivity index (χ4n) is 1.82. The lowest BCUT2D eigenvalue weighted by Crippen LogP contribution is -2.20. The van der Waals surface area contributed by atoms with Crippen LogP contribution in [0.1, 0.15) is 22.8 Å². The molecule has 0 radical (unpaired) electrons. The predicted molar refractivity (Wildman–Crippen MR) is 71.7 cm³/mol. The number of hydrogen-bond acceptors (Lipinski definition) is 3. The van der Waals surface area contributed by atoms with Crippen LogP contribution in [0.5, 0.6) is 0 Å². The van der Waals surface area contributed by atoms with E-state index in [0.717, 1.165) is 10.0 Å². The molecule has 0 saturated heterocycles. The monoisotopic (exact) mass is 328 g/mol. The van der Waals surface area contributed by atoms with Crippen molar-refractivity contribution >= 4 is 39.3 Å². The first kappa shape index (κ1) is 13.3. The average Bonchev–Trinajstić information content (AvgIpc) is 2.34. The van der Waals surface area contributed by atoms with Gasteiger partial charge in [0.05, 0.1) is 17.2 Å². The van der Waals surface area contributed by atoms with Crippen LogP contribution in [0, 0.1) is 0 Å². The number of esters is 1. The summed E-state index contributed by atoms with van der Waals surface area (Å²) < 4.78 is 5.70. The van der Waals surface area contributed by atoms with Crippen LogP contribution in [-0.2, 0) is 16.0 Å². The molecule has 5 heteroatoms. The van der Waals surface area contributed by atoms with Gasteiger partial charge in [-0.3, -0.25) is 4.79 Å². The second kappa shape index (κ2) is 5.24. The summed E-state index contributed by atoms with van der Waals surface area (Å²) in [4.78, 5) is 23.8. The summed E-state index contributed by atoms with van der Waals surface area (Å²) in [5.41, 5.74) is 1.55. The molecule has 1 aromatic carbocycles. The van der Waals surface area contributed by atoms with Gasteiger partial charge in [0.15, 0.2) is 0 Å². The zero-order valence-electron chi connectivity index (χ0n) is 9.63. The first-order valence-corrected chi connectivity index (χ1v) is 6.60. The normalized spacial score (nSPS) is 14.5. The van der Waals surface area contributed by atoms with Crippen LogP contribution in [0.3, 0.4) is 0 Å². The van der Waals surface area contributed by atoms with Crippen molar-refractivity contribution in [1.82, 2.24) is 0 Å². The second-order valence-corrected chi connectivity index (χ2v) is 5.11. The average molecular weight is 330 g/mol. The van der Waals surface area contributed by atoms with Crippen LogP contribution in [0.2, 0.25) is 0 Å². The minimum absolute atomic E-state index is 0.0425. The van der Waals surface area contributed by atoms with Crippen molar-refractivity contribution in [2.75, 3.05) is 6.61 Å². The number of ketones is 1. The second-order valence-electron chi connectivity index (χ2n) is 3.82. The standard InChI is InChI=1S/C13H10BrClO3/c1-2-18-13(17)10-5-7-3-4-8(14)6-9(7)12(16)11(10)15/h3-4,6H,2,5H2,1H3. The third-order valence-corrected chi connectivity index (χ3v) is 3.56. The van der Waals surface area contributed by atoms with Gasteiger partial charge in [0.25, 0.3) is 0 Å². The van der Waals surface area contributed by atoms with Crippen LogP contribution in [0.15, 0.2) is 33.3 Å². The lowest BCUT2D eigenvalue weighted by atomic mass is 9.90. The first-order valence-electron chi connectivity index (χ1n) is 5.43. The molecule has 0 spiro atoms. The van der Waals surface area contributed by atoms with Crippen molar-refractivity contribution in [3.8, 4) is 0 Å². The van der Waals surface area contributed by atoms with Crippen molar-refractivity contribution in [1.29, 1.82) is 0 Å². The molecule has 2 rings (SSSR count). The highest BCUT2D eigenvalue weighted by Crippen LogP contribution is 2.30. The number of benzene rings is 1. The molecular formula is C13H10BrClO3. The number of Topliss-reactive ketones (excluding diaryl/α,β-unsaturated/α-hetero) is 1. The zero-order valence-corrected chi connectivity index (χ0v) is 12.0. The number of carbonyl (C=O) groups is 2. The summed E-state index contributed by atoms with van der Waals surface area (Å²) in [6, 6.07) is 5.34. The van der Waals surface area contributed by atoms with Crippen molar-refractivity contribution in [3.63, 3.8) is 0 Å². The molecule has 94 valence electrons. The molecular weight excluding hydrogens is 319 g/mol. The summed E-state index contributed by atoms with van der Waals surface area (Å²) >= 11 is 9.26. The van der Waals surface area contributed by atoms with Gasteiger partial charge in [-0.15, -0.1) is 0 Å². The van der Waals surface area contributed by atoms with Gasteiger partial charge < -0.3 is 4.74 Å². The zero-order chi connectivity index (χ0) is 13.3. The van der Waals surface area contributed by atoms with Gasteiger partial charge in [-0.2, -0.15) is 0 Å². The highest BCUT2D eigenvalue weighted by Gasteiger charge is 2.29. The smallest absolute Gasteiger partial charge is 0.335 e. The Morgan fingerprint density at radius 1 is 1.50 bits per heavy atom. The van der Waals surface area contributed by atoms with Crippen molar-refractivity contribution in [3.05, 3.63) is 44.4 Å². The largest absolute Gasteiger partial charge is 0.463 e. The van der Waals surface area contributed by atoms with Gasteiger partial charge >= 0.3 is 5.97 Å². The Labute approximate surface area is 118 Å². The van der Waals surface area contributed by atoms with Gasteiger partial charge in [-0.25, -0.2) is 4.79 Å². The van der Waals surface area contributed by atoms with Crippen molar-refractivity contribution < 1.29 is 14.3 Å². The highest BCUT2D eigenvalue weighted by atomic mass is 79.9. The number of allylic oxidation sites excluding steroid dienone is 1. The van der Waals surface area contributed by atoms with E-state index in [1.54, 1.807) is 19.1 Å². The minimum atomic E-state index is -0.524. The predicted octanol–water partition coefficient (Wildman–Crippen LogP) is 3.24. The molecule has 1 aliphatic rings. The number of ether oxygens (including phenoxy) is 1. The highest BCUT2D eigenvalue weighted by molar-refractivity contribution is 9.10. The van der Waals surface area contributed by atoms with Crippen molar-refractivity contribution in [2.45, 2.75) is 13.3 Å². The van der Waals surface area contributed by atoms with E-state index in [9.17, 15) is 9.59 Å². The number of halogens is 2. The Hall–Kier alpha value is -1.13. The number of fused-ring (bicyclic) bond motifs is 1. The number of rotatable bonds is 2. The molecule has 18 heavy (non-hydrogen) atoms. The van der Waals surface area contributed by atoms with Gasteiger partial charge in [0, 0.05) is 16.5 Å². The Morgan fingerprint density at radius 3 is 2.89 bits per heavy atom. The van der Waals surface area contributed by atoms with Crippen LogP contribution in [0.25, 0.3) is 0 Å². The SMILES string of the molecule is CCOC(=O)C1=C(Cl)C(=O)c2cc(Br)ccc2C1. The molecule has 0 fully saturated rings. The first-order chi connectivity index (χ1) is 8.54. The summed E-state index contributed by atoms with van der Waals surface area (Å²) in [5.74, 6) is -0.855. The van der Waals surface area contributed by atoms with Crippen LogP contribution in [0.4, 0.5) is 0 Å². The van der Waals surface area contributed by atoms with Crippen LogP contribution >= 0.6 is 27.5 Å². The Bertz CT molecular complexity index is 563. The van der Waals surface area contributed by atoms with E-state index in [1.165, 1.54) is 0 Å². The van der Waals surface area contributed by atoms with Crippen LogP contribution in [-0.4, -0.2) is 18.4 Å². The maximum atomic E-state index is 12.1. The third kappa shape index (κ3) is 2.35. The molecule has 0 unspecified atom stereocenters. The molecule has 0 N–H and O–H groups in total. The van der Waals surface area contributed by atoms with Gasteiger partial charge in [0.1, 0.15) is 0 Å². The maximum Gasteiger partial charge on any atom is 0.335 e. The Kier molecular flexibility index (Phi) is 3.88. The lowest BCUT2D eigenvalue weighted by Gasteiger charge is -2.17. The van der Waals surface area contributed by atoms with E-state index < -0.39 is 5.97 Å². The molecule has 0 heterocycles. The molecule has 1 aromatic rings. The number of hydrogen-bond donors (Lipinski definition) is 0. The van der Waals surface area contributed by atoms with E-state index in [0.29, 0.717) is 12.0 Å². The summed E-state index contributed by atoms with van der Waals surface area (Å²) in [5, 5.41) is -0.0425. The molecule has 0 atom stereocenters. The topological polar surface area (TPSA) is 43.4 Å². The maximum absolute atomic E-state index is 12.1. The Balaban J connectivity index is 2.44. The van der Waals surface area contributed by atoms with Gasteiger partial charge in [0.2, 0.25) is 5.78 Å². The molecule has 0 bridgehead atoms. The summed E-state index contributed by atoms with van der Waals surface area (Å²) in [6.45, 7) is 1.97. The number of carbonyl (C=O) groups excluding carboxylic acids is 2. The van der Waals surface area contributed by atoms with Gasteiger partial charge in [-0.05, 0) is 24.6 Å².